The lowest BCUT2D eigenvalue weighted by Gasteiger charge is -2.34. The predicted molar refractivity (Wildman–Crippen MR) is 127 cm³/mol. The van der Waals surface area contributed by atoms with Crippen molar-refractivity contribution in [2.24, 2.45) is 0 Å². The normalized spacial score (nSPS) is 19.8. The molecule has 1 amide bonds. The molecule has 1 atom stereocenters. The monoisotopic (exact) mass is 432 g/mol. The molecule has 0 unspecified atom stereocenters. The molecule has 6 heteroatoms. The van der Waals surface area contributed by atoms with E-state index in [-0.39, 0.29) is 12.1 Å². The molecule has 0 spiro atoms. The Morgan fingerprint density at radius 3 is 2.56 bits per heavy atom. The number of nitrogens with zero attached hydrogens (tertiary/aromatic N) is 4. The summed E-state index contributed by atoms with van der Waals surface area (Å²) in [7, 11) is 3.65. The van der Waals surface area contributed by atoms with Crippen LogP contribution in [0, 0.1) is 0 Å². The van der Waals surface area contributed by atoms with E-state index in [0.29, 0.717) is 6.04 Å². The molecule has 6 nitrogen and oxygen atoms in total. The highest BCUT2D eigenvalue weighted by atomic mass is 16.5. The van der Waals surface area contributed by atoms with E-state index in [2.05, 4.69) is 65.9 Å². The summed E-state index contributed by atoms with van der Waals surface area (Å²) in [5.41, 5.74) is 5.64. The molecule has 1 saturated heterocycles. The Bertz CT molecular complexity index is 1120. The minimum Gasteiger partial charge on any atom is -0.452 e. The molecule has 3 aromatic rings. The van der Waals surface area contributed by atoms with Crippen LogP contribution in [0.1, 0.15) is 49.2 Å². The molecule has 2 aliphatic heterocycles. The van der Waals surface area contributed by atoms with E-state index in [1.165, 1.54) is 23.8 Å². The van der Waals surface area contributed by atoms with E-state index in [9.17, 15) is 4.79 Å². The topological polar surface area (TPSA) is 50.6 Å². The van der Waals surface area contributed by atoms with Gasteiger partial charge in [-0.05, 0) is 70.4 Å². The van der Waals surface area contributed by atoms with Crippen molar-refractivity contribution in [1.82, 2.24) is 14.5 Å². The molecule has 0 aliphatic carbocycles. The summed E-state index contributed by atoms with van der Waals surface area (Å²) in [6, 6.07) is 15.4. The van der Waals surface area contributed by atoms with Gasteiger partial charge in [-0.3, -0.25) is 4.90 Å². The van der Waals surface area contributed by atoms with E-state index < -0.39 is 0 Å². The van der Waals surface area contributed by atoms with Crippen molar-refractivity contribution in [2.45, 2.75) is 51.1 Å². The number of aryl methyl sites for hydroxylation is 1. The van der Waals surface area contributed by atoms with Crippen LogP contribution in [-0.2, 0) is 17.6 Å². The van der Waals surface area contributed by atoms with Gasteiger partial charge >= 0.3 is 6.09 Å². The maximum absolute atomic E-state index is 12.5. The van der Waals surface area contributed by atoms with Gasteiger partial charge in [0.1, 0.15) is 5.82 Å². The predicted octanol–water partition coefficient (Wildman–Crippen LogP) is 4.80. The SMILES string of the molecule is COC(=O)N1c2ccc3c(nc(Cc4ccccc4)n3C3CCN(C)CC3)c2CC[C@@H]1C. The number of fused-ring (bicyclic) bond motifs is 3. The van der Waals surface area contributed by atoms with E-state index >= 15 is 0 Å². The Morgan fingerprint density at radius 1 is 1.09 bits per heavy atom. The molecule has 0 bridgehead atoms. The summed E-state index contributed by atoms with van der Waals surface area (Å²) in [5.74, 6) is 1.12. The van der Waals surface area contributed by atoms with Crippen molar-refractivity contribution in [3.05, 3.63) is 59.4 Å². The van der Waals surface area contributed by atoms with Crippen LogP contribution in [0.3, 0.4) is 0 Å². The number of anilines is 1. The van der Waals surface area contributed by atoms with Gasteiger partial charge in [0.15, 0.2) is 0 Å². The maximum Gasteiger partial charge on any atom is 0.414 e. The summed E-state index contributed by atoms with van der Waals surface area (Å²) >= 11 is 0. The van der Waals surface area contributed by atoms with Gasteiger partial charge in [0.05, 0.1) is 23.8 Å². The fraction of sp³-hybridized carbons (Fsp3) is 0.462. The molecule has 2 aromatic carbocycles. The zero-order chi connectivity index (χ0) is 22.2. The number of carbonyl (C=O) groups is 1. The van der Waals surface area contributed by atoms with E-state index in [1.807, 2.05) is 0 Å². The largest absolute Gasteiger partial charge is 0.452 e. The molecule has 3 heterocycles. The lowest BCUT2D eigenvalue weighted by molar-refractivity contribution is 0.175. The van der Waals surface area contributed by atoms with Crippen LogP contribution in [0.4, 0.5) is 10.5 Å². The Labute approximate surface area is 189 Å². The summed E-state index contributed by atoms with van der Waals surface area (Å²) in [4.78, 5) is 22.0. The molecular formula is C26H32N4O2. The minimum absolute atomic E-state index is 0.118. The van der Waals surface area contributed by atoms with Crippen LogP contribution < -0.4 is 4.90 Å². The number of rotatable bonds is 3. The fourth-order valence-corrected chi connectivity index (χ4v) is 5.39. The van der Waals surface area contributed by atoms with E-state index in [0.717, 1.165) is 62.2 Å². The number of aromatic nitrogens is 2. The average Bonchev–Trinajstić information content (AvgIpc) is 3.17. The summed E-state index contributed by atoms with van der Waals surface area (Å²) in [6.07, 6.45) is 4.62. The molecule has 1 fully saturated rings. The molecule has 32 heavy (non-hydrogen) atoms. The zero-order valence-corrected chi connectivity index (χ0v) is 19.3. The second-order valence-corrected chi connectivity index (χ2v) is 9.25. The van der Waals surface area contributed by atoms with Crippen LogP contribution >= 0.6 is 0 Å². The number of benzene rings is 2. The second-order valence-electron chi connectivity index (χ2n) is 9.25. The van der Waals surface area contributed by atoms with Gasteiger partial charge in [0.25, 0.3) is 0 Å². The highest BCUT2D eigenvalue weighted by Crippen LogP contribution is 2.38. The van der Waals surface area contributed by atoms with Gasteiger partial charge < -0.3 is 14.2 Å². The van der Waals surface area contributed by atoms with Crippen LogP contribution in [0.25, 0.3) is 11.0 Å². The quantitative estimate of drug-likeness (QED) is 0.596. The number of likely N-dealkylation sites (tertiary alicyclic amines) is 1. The molecule has 1 aromatic heterocycles. The van der Waals surface area contributed by atoms with Crippen molar-refractivity contribution in [1.29, 1.82) is 0 Å². The van der Waals surface area contributed by atoms with Crippen LogP contribution in [-0.4, -0.2) is 53.8 Å². The summed E-state index contributed by atoms with van der Waals surface area (Å²) < 4.78 is 7.60. The molecule has 0 saturated carbocycles. The first kappa shape index (κ1) is 21.0. The van der Waals surface area contributed by atoms with Crippen LogP contribution in [0.5, 0.6) is 0 Å². The van der Waals surface area contributed by atoms with Gasteiger partial charge in [0.2, 0.25) is 0 Å². The first-order valence-electron chi connectivity index (χ1n) is 11.7. The van der Waals surface area contributed by atoms with Crippen molar-refractivity contribution in [3.63, 3.8) is 0 Å². The van der Waals surface area contributed by atoms with E-state index in [1.54, 1.807) is 4.90 Å². The highest BCUT2D eigenvalue weighted by Gasteiger charge is 2.32. The minimum atomic E-state index is -0.294. The van der Waals surface area contributed by atoms with Crippen molar-refractivity contribution in [2.75, 3.05) is 32.1 Å². The lowest BCUT2D eigenvalue weighted by atomic mass is 9.95. The third-order valence-corrected chi connectivity index (χ3v) is 7.16. The van der Waals surface area contributed by atoms with Crippen LogP contribution in [0.15, 0.2) is 42.5 Å². The summed E-state index contributed by atoms with van der Waals surface area (Å²) in [6.45, 7) is 4.30. The third-order valence-electron chi connectivity index (χ3n) is 7.16. The molecule has 5 rings (SSSR count). The number of hydrogen-bond acceptors (Lipinski definition) is 4. The highest BCUT2D eigenvalue weighted by molar-refractivity contribution is 5.95. The molecule has 0 N–H and O–H groups in total. The number of amides is 1. The Balaban J connectivity index is 1.64. The second kappa shape index (κ2) is 8.58. The number of imidazole rings is 1. The fourth-order valence-electron chi connectivity index (χ4n) is 5.39. The lowest BCUT2D eigenvalue weighted by Crippen LogP contribution is -2.42. The Morgan fingerprint density at radius 2 is 1.84 bits per heavy atom. The Kier molecular flexibility index (Phi) is 5.64. The number of carbonyl (C=O) groups excluding carboxylic acids is 1. The van der Waals surface area contributed by atoms with Crippen molar-refractivity contribution >= 4 is 22.8 Å². The van der Waals surface area contributed by atoms with Crippen molar-refractivity contribution in [3.8, 4) is 0 Å². The number of ether oxygens (including phenoxy) is 1. The van der Waals surface area contributed by atoms with Gasteiger partial charge in [-0.1, -0.05) is 30.3 Å². The maximum atomic E-state index is 12.5. The first-order chi connectivity index (χ1) is 15.6. The number of hydrogen-bond donors (Lipinski definition) is 0. The molecular weight excluding hydrogens is 400 g/mol. The van der Waals surface area contributed by atoms with Gasteiger partial charge in [0, 0.05) is 24.1 Å². The van der Waals surface area contributed by atoms with Crippen molar-refractivity contribution < 1.29 is 9.53 Å². The third kappa shape index (κ3) is 3.66. The van der Waals surface area contributed by atoms with E-state index in [4.69, 9.17) is 9.72 Å². The van der Waals surface area contributed by atoms with Gasteiger partial charge in [-0.15, -0.1) is 0 Å². The molecule has 0 radical (unpaired) electrons. The van der Waals surface area contributed by atoms with Gasteiger partial charge in [-0.2, -0.15) is 0 Å². The Hall–Kier alpha value is -2.86. The van der Waals surface area contributed by atoms with Gasteiger partial charge in [-0.25, -0.2) is 9.78 Å². The zero-order valence-electron chi connectivity index (χ0n) is 19.3. The molecule has 2 aliphatic rings. The summed E-state index contributed by atoms with van der Waals surface area (Å²) in [5, 5.41) is 0. The number of methoxy groups -OCH3 is 1. The van der Waals surface area contributed by atoms with Crippen LogP contribution in [0.2, 0.25) is 0 Å². The number of piperidine rings is 1. The smallest absolute Gasteiger partial charge is 0.414 e. The standard InChI is InChI=1S/C26H32N4O2/c1-18-9-10-21-22(29(18)26(31)32-3)11-12-23-25(21)27-24(17-19-7-5-4-6-8-19)30(23)20-13-15-28(2)16-14-20/h4-8,11-12,18,20H,9-10,13-17H2,1-3H3/t18-/m0/s1. The first-order valence-corrected chi connectivity index (χ1v) is 11.7. The average molecular weight is 433 g/mol. The molecule has 168 valence electrons.